The molecule has 0 saturated carbocycles. The van der Waals surface area contributed by atoms with Crippen LogP contribution in [-0.4, -0.2) is 213 Å². The summed E-state index contributed by atoms with van der Waals surface area (Å²) in [5.74, 6) is -1.03. The first kappa shape index (κ1) is 104. The van der Waals surface area contributed by atoms with Crippen LogP contribution in [0.5, 0.6) is 0 Å². The zero-order valence-electron chi connectivity index (χ0n) is 79.8. The molecule has 2 unspecified atom stereocenters. The van der Waals surface area contributed by atoms with Crippen LogP contribution >= 0.6 is 0 Å². The number of benzene rings is 8. The van der Waals surface area contributed by atoms with Gasteiger partial charge in [0.15, 0.2) is 0 Å². The lowest BCUT2D eigenvalue weighted by Crippen LogP contribution is -2.55. The smallest absolute Gasteiger partial charge is 0.410 e. The van der Waals surface area contributed by atoms with Crippen molar-refractivity contribution >= 4 is 23.9 Å². The van der Waals surface area contributed by atoms with Gasteiger partial charge < -0.3 is 77.2 Å². The Morgan fingerprint density at radius 1 is 0.438 bits per heavy atom. The number of allylic oxidation sites excluding steroid dienone is 1. The number of aryl methyl sites for hydroxylation is 4. The van der Waals surface area contributed by atoms with Gasteiger partial charge in [-0.3, -0.25) is 0 Å². The van der Waals surface area contributed by atoms with Crippen molar-refractivity contribution in [3.8, 4) is 44.5 Å². The zero-order valence-corrected chi connectivity index (χ0v) is 79.8. The number of carbonyl (C=O) groups excluding carboxylic acids is 3. The van der Waals surface area contributed by atoms with Crippen molar-refractivity contribution in [1.82, 2.24) is 20.0 Å². The van der Waals surface area contributed by atoms with Gasteiger partial charge >= 0.3 is 18.3 Å². The Kier molecular flexibility index (Phi) is 41.0. The van der Waals surface area contributed by atoms with Crippen LogP contribution in [0.4, 0.5) is 31.9 Å². The van der Waals surface area contributed by atoms with Gasteiger partial charge in [0.1, 0.15) is 57.9 Å². The van der Waals surface area contributed by atoms with E-state index in [4.69, 9.17) is 52.1 Å². The lowest BCUT2D eigenvalue weighted by atomic mass is 9.78. The second-order valence-corrected chi connectivity index (χ2v) is 37.1. The van der Waals surface area contributed by atoms with E-state index in [-0.39, 0.29) is 66.8 Å². The lowest BCUT2D eigenvalue weighted by Gasteiger charge is -2.43. The molecule has 8 aromatic carbocycles. The molecule has 0 aliphatic carbocycles. The second-order valence-electron chi connectivity index (χ2n) is 37.1. The van der Waals surface area contributed by atoms with Crippen LogP contribution in [0.2, 0.25) is 0 Å². The Bertz CT molecular complexity index is 4900. The molecule has 0 aromatic heterocycles. The topological polar surface area (TPSA) is 195 Å². The molecule has 4 aliphatic rings. The third-order valence-corrected chi connectivity index (χ3v) is 23.1. The normalized spacial score (nSPS) is 17.8. The van der Waals surface area contributed by atoms with Crippen LogP contribution in [0.3, 0.4) is 0 Å². The fourth-order valence-corrected chi connectivity index (χ4v) is 17.1. The van der Waals surface area contributed by atoms with Gasteiger partial charge in [-0.15, -0.1) is 0 Å². The molecule has 12 rings (SSSR count). The zero-order chi connectivity index (χ0) is 94.1. The maximum Gasteiger partial charge on any atom is 0.410 e. The third kappa shape index (κ3) is 31.4. The Balaban J connectivity index is 0.000000196. The molecule has 2 N–H and O–H groups in total. The number of nitrogens with zero attached hydrogens (tertiary/aromatic N) is 3. The Hall–Kier alpha value is -9.37. The van der Waals surface area contributed by atoms with E-state index in [1.54, 1.807) is 73.5 Å². The molecular weight excluding hydrogens is 1660 g/mol. The molecule has 0 spiro atoms. The number of hydrogen-bond donors (Lipinski definition) is 2. The molecule has 3 amide bonds. The lowest BCUT2D eigenvalue weighted by molar-refractivity contribution is -0.150. The first-order chi connectivity index (χ1) is 62.1. The predicted molar refractivity (Wildman–Crippen MR) is 507 cm³/mol. The molecule has 0 radical (unpaired) electrons. The van der Waals surface area contributed by atoms with Gasteiger partial charge in [-0.05, 0) is 222 Å². The number of amides is 3. The van der Waals surface area contributed by atoms with Gasteiger partial charge in [0, 0.05) is 122 Å². The minimum atomic E-state index is -1.53. The fourth-order valence-electron chi connectivity index (χ4n) is 17.1. The number of ether oxygens (including phenoxy) is 11. The number of nitrogens with one attached hydrogen (secondary N) is 1. The van der Waals surface area contributed by atoms with Crippen molar-refractivity contribution < 1.29 is 89.2 Å². The molecule has 130 heavy (non-hydrogen) atoms. The number of halogens is 4. The molecular formula is C107H142F4N4O15. The summed E-state index contributed by atoms with van der Waals surface area (Å²) >= 11 is 0. The number of methoxy groups -OCH3 is 4. The monoisotopic (exact) mass is 1800 g/mol. The van der Waals surface area contributed by atoms with E-state index in [1.807, 2.05) is 199 Å². The van der Waals surface area contributed by atoms with Crippen molar-refractivity contribution in [3.63, 3.8) is 0 Å². The molecule has 19 nitrogen and oxygen atoms in total. The molecule has 23 heteroatoms. The van der Waals surface area contributed by atoms with Gasteiger partial charge in [-0.1, -0.05) is 187 Å². The molecule has 8 aromatic rings. The standard InChI is InChI=1S/C28H38FNO5.C28H38FNO4.C28H36FNO4.C23H30FNO2/c1-20-10-8-11-21(18-20)25-22(12-9-13-23(25)29)28(32,14-6-7-16-33-5)24-19-30(15-17-34-24)26(31)35-27(2,3)4;2*1-20-10-8-11-21(18-20)26-23(13-9-14-24(26)29)22(12-6-7-16-32-5)25-19-30(15-17-33-25)27(31)34-28(2,3)4;1-17-7-5-8-18(15-17)23-20(10-6-11-21(23)24)19(9-3-4-13-26-2)22-16-25-12-14-27-22/h8-13,18,24,32H,6-7,14-17,19H2,1-5H3;8-11,13-14,18,22,25H,6-7,12,15-17,19H2,1-5H3;8-14,18,25H,6-7,15-17,19H2,1-5H3;5-8,10-11,15,19,22,25H,3-4,9,12-14,16H2,1-2H3/t24-,28-;22?,25-;25-;19?,22-/m1111/s1. The van der Waals surface area contributed by atoms with Crippen LogP contribution in [0.15, 0.2) is 176 Å². The minimum absolute atomic E-state index is 0.0617. The SMILES string of the molecule is COCCCC=C(c1cccc(F)c1-c1cccc(C)c1)[C@H]1CN(C(=O)OC(C)(C)C)CCO1.COCCCCC(c1cccc(F)c1-c1cccc(C)c1)[C@H]1CN(C(=O)OC(C)(C)C)CCO1.COCCCCC(c1cccc(F)c1-c1cccc(C)c1)[C@H]1CNCCO1.COCCCC[C@@](O)(c1cccc(F)c1-c1cccc(C)c1)[C@H]1CN(C(=O)OC(C)(C)C)CCO1. The van der Waals surface area contributed by atoms with E-state index >= 15 is 13.2 Å². The molecule has 4 aliphatic heterocycles. The predicted octanol–water partition coefficient (Wildman–Crippen LogP) is 22.7. The van der Waals surface area contributed by atoms with E-state index in [0.717, 1.165) is 139 Å². The highest BCUT2D eigenvalue weighted by Crippen LogP contribution is 2.45. The number of morpholine rings is 4. The average Bonchev–Trinajstić information content (AvgIpc) is 0.756. The summed E-state index contributed by atoms with van der Waals surface area (Å²) < 4.78 is 123. The van der Waals surface area contributed by atoms with E-state index in [2.05, 4.69) is 23.5 Å². The summed E-state index contributed by atoms with van der Waals surface area (Å²) in [5.41, 5.74) is 10.5. The summed E-state index contributed by atoms with van der Waals surface area (Å²) in [6.45, 7) is 32.8. The Morgan fingerprint density at radius 3 is 1.28 bits per heavy atom. The van der Waals surface area contributed by atoms with Gasteiger partial charge in [0.05, 0.1) is 58.3 Å². The van der Waals surface area contributed by atoms with Crippen LogP contribution < -0.4 is 5.32 Å². The Morgan fingerprint density at radius 2 is 0.823 bits per heavy atom. The van der Waals surface area contributed by atoms with E-state index in [9.17, 15) is 23.9 Å². The largest absolute Gasteiger partial charge is 0.444 e. The van der Waals surface area contributed by atoms with Gasteiger partial charge in [-0.25, -0.2) is 31.9 Å². The molecule has 0 bridgehead atoms. The highest BCUT2D eigenvalue weighted by Gasteiger charge is 2.46. The van der Waals surface area contributed by atoms with Crippen molar-refractivity contribution in [1.29, 1.82) is 0 Å². The molecule has 4 fully saturated rings. The van der Waals surface area contributed by atoms with Crippen molar-refractivity contribution in [2.45, 2.75) is 219 Å². The third-order valence-electron chi connectivity index (χ3n) is 23.1. The summed E-state index contributed by atoms with van der Waals surface area (Å²) in [7, 11) is 6.74. The van der Waals surface area contributed by atoms with Crippen LogP contribution in [0.1, 0.15) is 189 Å². The fraction of sp³-hybridized carbons (Fsp3) is 0.505. The second kappa shape index (κ2) is 51.0. The maximum atomic E-state index is 15.3. The van der Waals surface area contributed by atoms with Gasteiger partial charge in [-0.2, -0.15) is 0 Å². The summed E-state index contributed by atoms with van der Waals surface area (Å²) in [6.07, 6.45) is 8.49. The number of hydrogen-bond acceptors (Lipinski definition) is 16. The first-order valence-corrected chi connectivity index (χ1v) is 46.1. The van der Waals surface area contributed by atoms with Crippen molar-refractivity contribution in [3.05, 3.63) is 244 Å². The summed E-state index contributed by atoms with van der Waals surface area (Å²) in [6, 6.07) is 52.1. The summed E-state index contributed by atoms with van der Waals surface area (Å²) in [5, 5.41) is 15.7. The number of carbonyl (C=O) groups is 3. The molecule has 4 heterocycles. The van der Waals surface area contributed by atoms with Crippen LogP contribution in [-0.2, 0) is 57.7 Å². The summed E-state index contributed by atoms with van der Waals surface area (Å²) in [4.78, 5) is 43.3. The minimum Gasteiger partial charge on any atom is -0.444 e. The van der Waals surface area contributed by atoms with E-state index < -0.39 is 46.5 Å². The molecule has 4 saturated heterocycles. The van der Waals surface area contributed by atoms with Crippen LogP contribution in [0.25, 0.3) is 50.1 Å². The maximum absolute atomic E-state index is 15.3. The molecule has 7 atom stereocenters. The number of rotatable bonds is 31. The molecule has 708 valence electrons. The first-order valence-electron chi connectivity index (χ1n) is 46.1. The van der Waals surface area contributed by atoms with Crippen molar-refractivity contribution in [2.24, 2.45) is 0 Å². The van der Waals surface area contributed by atoms with Crippen molar-refractivity contribution in [2.75, 3.05) is 134 Å². The van der Waals surface area contributed by atoms with Crippen LogP contribution in [0, 0.1) is 51.0 Å². The highest BCUT2D eigenvalue weighted by atomic mass is 19.1. The van der Waals surface area contributed by atoms with Gasteiger partial charge in [0.25, 0.3) is 0 Å². The van der Waals surface area contributed by atoms with E-state index in [1.165, 1.54) is 18.2 Å². The van der Waals surface area contributed by atoms with E-state index in [0.29, 0.717) is 119 Å². The number of aliphatic hydroxyl groups is 1. The quantitative estimate of drug-likeness (QED) is 0.0236. The average molecular weight is 1800 g/mol. The van der Waals surface area contributed by atoms with Gasteiger partial charge in [0.2, 0.25) is 0 Å². The number of unbranched alkanes of at least 4 members (excludes halogenated alkanes) is 4. The highest BCUT2D eigenvalue weighted by molar-refractivity contribution is 5.84. The Labute approximate surface area is 770 Å².